The number of carbonyl (C=O) groups is 1. The van der Waals surface area contributed by atoms with Crippen LogP contribution in [0.2, 0.25) is 0 Å². The molecular weight excluding hydrogens is 390 g/mol. The summed E-state index contributed by atoms with van der Waals surface area (Å²) in [7, 11) is 1.90. The Kier molecular flexibility index (Phi) is 5.89. The van der Waals surface area contributed by atoms with Gasteiger partial charge in [-0.3, -0.25) is 4.79 Å². The Morgan fingerprint density at radius 3 is 2.65 bits per heavy atom. The van der Waals surface area contributed by atoms with Crippen LogP contribution in [0.5, 0.6) is 5.75 Å². The normalized spacial score (nSPS) is 11.8. The molecule has 1 amide bonds. The number of hydrogen-bond donors (Lipinski definition) is 1. The second kappa shape index (κ2) is 8.92. The number of amides is 1. The molecule has 2 aromatic carbocycles. The molecule has 2 heterocycles. The third-order valence-electron chi connectivity index (χ3n) is 5.11. The first-order valence-electron chi connectivity index (χ1n) is 10.1. The average molecular weight is 415 g/mol. The third kappa shape index (κ3) is 4.69. The minimum Gasteiger partial charge on any atom is -0.485 e. The smallest absolute Gasteiger partial charge is 0.287 e. The van der Waals surface area contributed by atoms with Crippen LogP contribution < -0.4 is 10.1 Å². The number of hydrogen-bond acceptors (Lipinski definition) is 4. The fraction of sp³-hybridized carbons (Fsp3) is 0.200. The van der Waals surface area contributed by atoms with Gasteiger partial charge in [0.05, 0.1) is 0 Å². The van der Waals surface area contributed by atoms with E-state index in [9.17, 15) is 4.79 Å². The fourth-order valence-electron chi connectivity index (χ4n) is 3.49. The summed E-state index contributed by atoms with van der Waals surface area (Å²) in [5.74, 6) is 2.04. The van der Waals surface area contributed by atoms with Crippen molar-refractivity contribution in [3.05, 3.63) is 107 Å². The van der Waals surface area contributed by atoms with Crippen LogP contribution in [0.15, 0.2) is 77.5 Å². The van der Waals surface area contributed by atoms with Gasteiger partial charge in [-0.1, -0.05) is 48.0 Å². The molecule has 0 aliphatic heterocycles. The van der Waals surface area contributed by atoms with Crippen molar-refractivity contribution in [2.75, 3.05) is 0 Å². The minimum absolute atomic E-state index is 0.231. The van der Waals surface area contributed by atoms with E-state index >= 15 is 0 Å². The summed E-state index contributed by atoms with van der Waals surface area (Å²) in [4.78, 5) is 17.4. The summed E-state index contributed by atoms with van der Waals surface area (Å²) in [6.07, 6.45) is 3.57. The van der Waals surface area contributed by atoms with Crippen molar-refractivity contribution in [2.24, 2.45) is 7.05 Å². The average Bonchev–Trinajstić information content (AvgIpc) is 3.41. The highest BCUT2D eigenvalue weighted by molar-refractivity contribution is 5.92. The molecule has 0 saturated carbocycles. The first-order chi connectivity index (χ1) is 15.0. The van der Waals surface area contributed by atoms with Gasteiger partial charge in [-0.05, 0) is 43.2 Å². The Labute approximate surface area is 181 Å². The van der Waals surface area contributed by atoms with Gasteiger partial charge in [-0.15, -0.1) is 0 Å². The van der Waals surface area contributed by atoms with Crippen LogP contribution in [-0.4, -0.2) is 15.5 Å². The van der Waals surface area contributed by atoms with Crippen LogP contribution in [-0.2, 0) is 13.7 Å². The zero-order chi connectivity index (χ0) is 21.8. The Bertz CT molecular complexity index is 1180. The van der Waals surface area contributed by atoms with Gasteiger partial charge >= 0.3 is 0 Å². The molecular formula is C25H25N3O3. The van der Waals surface area contributed by atoms with E-state index in [0.717, 1.165) is 22.7 Å². The van der Waals surface area contributed by atoms with Crippen LogP contribution in [0.3, 0.4) is 0 Å². The highest BCUT2D eigenvalue weighted by Gasteiger charge is 2.23. The largest absolute Gasteiger partial charge is 0.485 e. The van der Waals surface area contributed by atoms with Gasteiger partial charge in [-0.25, -0.2) is 4.98 Å². The zero-order valence-corrected chi connectivity index (χ0v) is 17.8. The van der Waals surface area contributed by atoms with Gasteiger partial charge < -0.3 is 19.0 Å². The van der Waals surface area contributed by atoms with E-state index in [-0.39, 0.29) is 18.3 Å². The molecule has 4 rings (SSSR count). The molecule has 0 bridgehead atoms. The van der Waals surface area contributed by atoms with E-state index in [4.69, 9.17) is 9.15 Å². The summed E-state index contributed by atoms with van der Waals surface area (Å²) >= 11 is 0. The van der Waals surface area contributed by atoms with E-state index < -0.39 is 6.04 Å². The molecule has 0 saturated heterocycles. The van der Waals surface area contributed by atoms with Crippen LogP contribution >= 0.6 is 0 Å². The van der Waals surface area contributed by atoms with Crippen molar-refractivity contribution in [2.45, 2.75) is 26.5 Å². The minimum atomic E-state index is -0.395. The standard InChI is InChI=1S/C25H25N3O3/c1-17-9-11-21(18(2)15-17)30-16-20-10-12-22(31-20)25(29)27-23(19-7-5-4-6-8-19)24-26-13-14-28(24)3/h4-15,23H,16H2,1-3H3,(H,27,29). The molecule has 0 radical (unpaired) electrons. The molecule has 1 atom stereocenters. The lowest BCUT2D eigenvalue weighted by Crippen LogP contribution is -2.30. The summed E-state index contributed by atoms with van der Waals surface area (Å²) in [6.45, 7) is 4.30. The first-order valence-corrected chi connectivity index (χ1v) is 10.1. The molecule has 31 heavy (non-hydrogen) atoms. The molecule has 158 valence electrons. The highest BCUT2D eigenvalue weighted by Crippen LogP contribution is 2.23. The number of carbonyl (C=O) groups excluding carboxylic acids is 1. The highest BCUT2D eigenvalue weighted by atomic mass is 16.5. The van der Waals surface area contributed by atoms with Gasteiger partial charge in [0.15, 0.2) is 5.76 Å². The van der Waals surface area contributed by atoms with Crippen molar-refractivity contribution in [3.8, 4) is 5.75 Å². The van der Waals surface area contributed by atoms with E-state index in [1.54, 1.807) is 18.3 Å². The maximum atomic E-state index is 12.9. The van der Waals surface area contributed by atoms with Crippen molar-refractivity contribution in [1.82, 2.24) is 14.9 Å². The number of imidazole rings is 1. The number of aryl methyl sites for hydroxylation is 3. The van der Waals surface area contributed by atoms with Gasteiger partial charge in [-0.2, -0.15) is 0 Å². The van der Waals surface area contributed by atoms with Gasteiger partial charge in [0.2, 0.25) is 0 Å². The molecule has 0 fully saturated rings. The number of nitrogens with one attached hydrogen (secondary N) is 1. The number of nitrogens with zero attached hydrogens (tertiary/aromatic N) is 2. The Morgan fingerprint density at radius 2 is 1.94 bits per heavy atom. The molecule has 6 heteroatoms. The summed E-state index contributed by atoms with van der Waals surface area (Å²) in [5, 5.41) is 3.04. The molecule has 0 aliphatic rings. The molecule has 1 N–H and O–H groups in total. The van der Waals surface area contributed by atoms with Gasteiger partial charge in [0.1, 0.15) is 30.0 Å². The third-order valence-corrected chi connectivity index (χ3v) is 5.11. The second-order valence-corrected chi connectivity index (χ2v) is 7.54. The number of ether oxygens (including phenoxy) is 1. The number of benzene rings is 2. The monoisotopic (exact) mass is 415 g/mol. The van der Waals surface area contributed by atoms with E-state index in [0.29, 0.717) is 5.76 Å². The van der Waals surface area contributed by atoms with Crippen LogP contribution in [0.1, 0.15) is 44.9 Å². The van der Waals surface area contributed by atoms with Gasteiger partial charge in [0, 0.05) is 19.4 Å². The van der Waals surface area contributed by atoms with Crippen LogP contribution in [0.4, 0.5) is 0 Å². The predicted octanol–water partition coefficient (Wildman–Crippen LogP) is 4.73. The maximum Gasteiger partial charge on any atom is 0.287 e. The number of furan rings is 1. The van der Waals surface area contributed by atoms with Crippen molar-refractivity contribution in [3.63, 3.8) is 0 Å². The van der Waals surface area contributed by atoms with Crippen molar-refractivity contribution in [1.29, 1.82) is 0 Å². The first kappa shape index (κ1) is 20.5. The molecule has 6 nitrogen and oxygen atoms in total. The lowest BCUT2D eigenvalue weighted by atomic mass is 10.1. The lowest BCUT2D eigenvalue weighted by Gasteiger charge is -2.18. The predicted molar refractivity (Wildman–Crippen MR) is 118 cm³/mol. The lowest BCUT2D eigenvalue weighted by molar-refractivity contribution is 0.0909. The SMILES string of the molecule is Cc1ccc(OCc2ccc(C(=O)NC(c3ccccc3)c3nccn3C)o2)c(C)c1. The van der Waals surface area contributed by atoms with Crippen LogP contribution in [0, 0.1) is 13.8 Å². The van der Waals surface area contributed by atoms with Crippen LogP contribution in [0.25, 0.3) is 0 Å². The number of rotatable bonds is 7. The zero-order valence-electron chi connectivity index (χ0n) is 17.8. The molecule has 1 unspecified atom stereocenters. The quantitative estimate of drug-likeness (QED) is 0.474. The Balaban J connectivity index is 1.47. The molecule has 2 aromatic heterocycles. The van der Waals surface area contributed by atoms with Gasteiger partial charge in [0.25, 0.3) is 5.91 Å². The summed E-state index contributed by atoms with van der Waals surface area (Å²) < 4.78 is 13.5. The fourth-order valence-corrected chi connectivity index (χ4v) is 3.49. The second-order valence-electron chi connectivity index (χ2n) is 7.54. The maximum absolute atomic E-state index is 12.9. The number of aromatic nitrogens is 2. The Hall–Kier alpha value is -3.80. The summed E-state index contributed by atoms with van der Waals surface area (Å²) in [5.41, 5.74) is 3.18. The molecule has 4 aromatic rings. The Morgan fingerprint density at radius 1 is 1.13 bits per heavy atom. The molecule has 0 aliphatic carbocycles. The topological polar surface area (TPSA) is 69.3 Å². The van der Waals surface area contributed by atoms with E-state index in [1.165, 1.54) is 5.56 Å². The summed E-state index contributed by atoms with van der Waals surface area (Å²) in [6, 6.07) is 18.8. The van der Waals surface area contributed by atoms with E-state index in [1.807, 2.05) is 74.1 Å². The van der Waals surface area contributed by atoms with E-state index in [2.05, 4.69) is 16.4 Å². The van der Waals surface area contributed by atoms with Crippen molar-refractivity contribution < 1.29 is 13.9 Å². The molecule has 0 spiro atoms. The van der Waals surface area contributed by atoms with Crippen molar-refractivity contribution >= 4 is 5.91 Å².